The van der Waals surface area contributed by atoms with Gasteiger partial charge in [0.25, 0.3) is 5.91 Å². The zero-order valence-corrected chi connectivity index (χ0v) is 27.2. The summed E-state index contributed by atoms with van der Waals surface area (Å²) in [5.74, 6) is -2.49. The van der Waals surface area contributed by atoms with Gasteiger partial charge in [-0.1, -0.05) is 13.0 Å². The minimum Gasteiger partial charge on any atom is -0.424 e. The molecule has 1 aliphatic heterocycles. The van der Waals surface area contributed by atoms with Crippen LogP contribution in [0.5, 0.6) is 5.75 Å². The summed E-state index contributed by atoms with van der Waals surface area (Å²) in [6.45, 7) is 6.92. The number of carbonyl (C=O) groups excluding carboxylic acids is 4. The number of nitrogens with one attached hydrogen (secondary N) is 2. The van der Waals surface area contributed by atoms with Crippen LogP contribution in [0, 0.1) is 12.8 Å². The van der Waals surface area contributed by atoms with Crippen LogP contribution in [0.3, 0.4) is 0 Å². The fourth-order valence-corrected chi connectivity index (χ4v) is 4.85. The van der Waals surface area contributed by atoms with Gasteiger partial charge in [-0.15, -0.1) is 0 Å². The molecule has 0 fully saturated rings. The molecule has 1 heterocycles. The molecule has 0 spiro atoms. The third-order valence-corrected chi connectivity index (χ3v) is 7.22. The van der Waals surface area contributed by atoms with Crippen LogP contribution in [-0.4, -0.2) is 77.2 Å². The predicted octanol–water partition coefficient (Wildman–Crippen LogP) is 2.92. The van der Waals surface area contributed by atoms with Crippen LogP contribution in [0.4, 0.5) is 10.5 Å². The predicted molar refractivity (Wildman–Crippen MR) is 171 cm³/mol. The van der Waals surface area contributed by atoms with Crippen molar-refractivity contribution in [2.45, 2.75) is 34.1 Å². The molecule has 0 saturated carbocycles. The third kappa shape index (κ3) is 9.97. The summed E-state index contributed by atoms with van der Waals surface area (Å²) in [7, 11) is -4.77. The second kappa shape index (κ2) is 16.5. The monoisotopic (exact) mass is 672 g/mol. The minimum atomic E-state index is -4.77. The fraction of sp³-hybridized carbons (Fsp3) is 0.333. The summed E-state index contributed by atoms with van der Waals surface area (Å²) in [4.78, 5) is 78.7. The molecule has 1 unspecified atom stereocenters. The Bertz CT molecular complexity index is 1630. The van der Waals surface area contributed by atoms with Gasteiger partial charge in [-0.2, -0.15) is 0 Å². The van der Waals surface area contributed by atoms with E-state index in [1.807, 2.05) is 13.8 Å². The molecule has 252 valence electrons. The SMILES string of the molecule is CCCN(C(=O)OCOC(=O)c1ccc(OP(=O)(O)O)cc1)C(=O)C1CNC(C(N=CN)=Nc2cc(C(=O)NCC)ccc2C)=C1C. The van der Waals surface area contributed by atoms with Crippen molar-refractivity contribution in [3.63, 3.8) is 0 Å². The summed E-state index contributed by atoms with van der Waals surface area (Å²) in [6, 6.07) is 9.79. The summed E-state index contributed by atoms with van der Waals surface area (Å²) in [5.41, 5.74) is 8.25. The molecule has 1 atom stereocenters. The standard InChI is InChI=1S/C30H37N6O10P/c1-5-13-36(30(40)45-17-44-29(39)20-9-11-22(12-10-20)46-47(41,42)43)28(38)23-15-33-25(19(23)4)26(34-16-31)35-24-14-21(8-7-18(24)3)27(37)32-6-2/h7-12,14,16,23,33H,5-6,13,15,17H2,1-4H3,(H,32,37)(H2,31,34,35)(H2,41,42,43). The van der Waals surface area contributed by atoms with E-state index < -0.39 is 38.5 Å². The second-order valence-electron chi connectivity index (χ2n) is 10.1. The number of benzene rings is 2. The second-order valence-corrected chi connectivity index (χ2v) is 11.3. The lowest BCUT2D eigenvalue weighted by Crippen LogP contribution is -2.43. The number of aryl methyl sites for hydroxylation is 1. The topological polar surface area (TPSA) is 232 Å². The summed E-state index contributed by atoms with van der Waals surface area (Å²) in [5, 5.41) is 5.87. The zero-order chi connectivity index (χ0) is 34.7. The Morgan fingerprint density at radius 1 is 1.09 bits per heavy atom. The van der Waals surface area contributed by atoms with Gasteiger partial charge in [0.15, 0.2) is 5.84 Å². The van der Waals surface area contributed by atoms with E-state index in [4.69, 9.17) is 25.0 Å². The van der Waals surface area contributed by atoms with E-state index in [-0.39, 0.29) is 36.1 Å². The number of aliphatic imine (C=N–C) groups is 2. The van der Waals surface area contributed by atoms with Crippen LogP contribution in [0.1, 0.15) is 53.5 Å². The van der Waals surface area contributed by atoms with Crippen LogP contribution in [0.25, 0.3) is 0 Å². The number of hydrogen-bond acceptors (Lipinski definition) is 10. The number of amides is 3. The van der Waals surface area contributed by atoms with Gasteiger partial charge in [0.2, 0.25) is 12.7 Å². The average molecular weight is 673 g/mol. The van der Waals surface area contributed by atoms with Gasteiger partial charge in [0, 0.05) is 25.2 Å². The molecule has 0 aliphatic carbocycles. The Labute approximate surface area is 270 Å². The summed E-state index contributed by atoms with van der Waals surface area (Å²) < 4.78 is 25.4. The Balaban J connectivity index is 1.73. The van der Waals surface area contributed by atoms with Gasteiger partial charge in [0.05, 0.1) is 29.2 Å². The first kappa shape index (κ1) is 36.4. The molecular weight excluding hydrogens is 635 g/mol. The van der Waals surface area contributed by atoms with Gasteiger partial charge in [-0.05, 0) is 74.7 Å². The molecule has 3 rings (SSSR count). The lowest BCUT2D eigenvalue weighted by Gasteiger charge is -2.23. The Morgan fingerprint density at radius 3 is 2.38 bits per heavy atom. The van der Waals surface area contributed by atoms with E-state index >= 15 is 0 Å². The number of hydrogen-bond donors (Lipinski definition) is 5. The molecule has 1 aliphatic rings. The molecule has 0 aromatic heterocycles. The highest BCUT2D eigenvalue weighted by molar-refractivity contribution is 7.46. The number of imide groups is 1. The summed E-state index contributed by atoms with van der Waals surface area (Å²) >= 11 is 0. The van der Waals surface area contributed by atoms with Gasteiger partial charge in [0.1, 0.15) is 5.75 Å². The number of phosphoric acid groups is 1. The number of nitrogens with two attached hydrogens (primary N) is 1. The molecule has 0 saturated heterocycles. The van der Waals surface area contributed by atoms with Crippen molar-refractivity contribution < 1.29 is 47.5 Å². The van der Waals surface area contributed by atoms with Gasteiger partial charge < -0.3 is 30.4 Å². The van der Waals surface area contributed by atoms with Crippen LogP contribution in [0.2, 0.25) is 0 Å². The lowest BCUT2D eigenvalue weighted by molar-refractivity contribution is -0.132. The van der Waals surface area contributed by atoms with Gasteiger partial charge in [-0.25, -0.2) is 29.0 Å². The van der Waals surface area contributed by atoms with E-state index in [1.54, 1.807) is 32.0 Å². The quantitative estimate of drug-likeness (QED) is 0.0720. The van der Waals surface area contributed by atoms with E-state index in [1.165, 1.54) is 12.1 Å². The van der Waals surface area contributed by atoms with Crippen molar-refractivity contribution in [2.75, 3.05) is 26.4 Å². The van der Waals surface area contributed by atoms with Crippen LogP contribution < -0.4 is 20.9 Å². The average Bonchev–Trinajstić information content (AvgIpc) is 3.40. The first-order valence-electron chi connectivity index (χ1n) is 14.5. The van der Waals surface area contributed by atoms with Gasteiger partial charge >= 0.3 is 19.9 Å². The molecular formula is C30H37N6O10P. The third-order valence-electron chi connectivity index (χ3n) is 6.77. The van der Waals surface area contributed by atoms with E-state index in [0.717, 1.165) is 28.9 Å². The largest absolute Gasteiger partial charge is 0.524 e. The first-order chi connectivity index (χ1) is 22.3. The maximum Gasteiger partial charge on any atom is 0.524 e. The number of esters is 1. The van der Waals surface area contributed by atoms with Crippen molar-refractivity contribution in [1.82, 2.24) is 15.5 Å². The Morgan fingerprint density at radius 2 is 1.77 bits per heavy atom. The highest BCUT2D eigenvalue weighted by Gasteiger charge is 2.36. The van der Waals surface area contributed by atoms with Gasteiger partial charge in [-0.3, -0.25) is 19.4 Å². The number of amidine groups is 1. The number of carbonyl (C=O) groups is 4. The number of phosphoric ester groups is 1. The molecule has 0 bridgehead atoms. The first-order valence-corrected chi connectivity index (χ1v) is 16.0. The molecule has 0 radical (unpaired) electrons. The van der Waals surface area contributed by atoms with Crippen molar-refractivity contribution in [3.8, 4) is 5.75 Å². The van der Waals surface area contributed by atoms with Crippen LogP contribution in [-0.2, 0) is 18.8 Å². The van der Waals surface area contributed by atoms with E-state index in [0.29, 0.717) is 35.5 Å². The molecule has 47 heavy (non-hydrogen) atoms. The highest BCUT2D eigenvalue weighted by Crippen LogP contribution is 2.37. The highest BCUT2D eigenvalue weighted by atomic mass is 31.2. The number of ether oxygens (including phenoxy) is 2. The van der Waals surface area contributed by atoms with Crippen molar-refractivity contribution >= 4 is 49.6 Å². The smallest absolute Gasteiger partial charge is 0.424 e. The minimum absolute atomic E-state index is 0.00493. The number of rotatable bonds is 12. The van der Waals surface area contributed by atoms with Crippen molar-refractivity contribution in [1.29, 1.82) is 0 Å². The van der Waals surface area contributed by atoms with E-state index in [2.05, 4.69) is 25.1 Å². The zero-order valence-electron chi connectivity index (χ0n) is 26.3. The van der Waals surface area contributed by atoms with Crippen molar-refractivity contribution in [3.05, 3.63) is 70.4 Å². The Kier molecular flexibility index (Phi) is 12.8. The molecule has 17 heteroatoms. The maximum absolute atomic E-state index is 13.6. The summed E-state index contributed by atoms with van der Waals surface area (Å²) in [6.07, 6.45) is 0.457. The van der Waals surface area contributed by atoms with Crippen molar-refractivity contribution in [2.24, 2.45) is 21.6 Å². The molecule has 3 amide bonds. The lowest BCUT2D eigenvalue weighted by atomic mass is 10.0. The molecule has 2 aromatic carbocycles. The number of nitrogens with zero attached hydrogens (tertiary/aromatic N) is 3. The van der Waals surface area contributed by atoms with E-state index in [9.17, 15) is 23.7 Å². The van der Waals surface area contributed by atoms with Crippen LogP contribution >= 0.6 is 7.82 Å². The maximum atomic E-state index is 13.6. The molecule has 6 N–H and O–H groups in total. The Hall–Kier alpha value is -5.05. The molecule has 2 aromatic rings. The molecule has 16 nitrogen and oxygen atoms in total. The fourth-order valence-electron chi connectivity index (χ4n) is 4.45. The normalized spacial score (nSPS) is 14.9. The van der Waals surface area contributed by atoms with Crippen LogP contribution in [0.15, 0.2) is 63.7 Å².